The SMILES string of the molecule is CCCOc1ccc(CNC(=NC)NCC(C)c2ccccc2)cn1. The van der Waals surface area contributed by atoms with Crippen LogP contribution in [0.25, 0.3) is 0 Å². The van der Waals surface area contributed by atoms with Gasteiger partial charge >= 0.3 is 0 Å². The van der Waals surface area contributed by atoms with Gasteiger partial charge in [-0.15, -0.1) is 0 Å². The van der Waals surface area contributed by atoms with E-state index < -0.39 is 0 Å². The van der Waals surface area contributed by atoms with Crippen LogP contribution in [0.15, 0.2) is 53.7 Å². The van der Waals surface area contributed by atoms with Gasteiger partial charge in [0.2, 0.25) is 5.88 Å². The monoisotopic (exact) mass is 340 g/mol. The number of nitrogens with zero attached hydrogens (tertiary/aromatic N) is 2. The van der Waals surface area contributed by atoms with Crippen LogP contribution in [0.1, 0.15) is 37.3 Å². The Morgan fingerprint density at radius 3 is 2.60 bits per heavy atom. The summed E-state index contributed by atoms with van der Waals surface area (Å²) in [5.41, 5.74) is 2.40. The number of aliphatic imine (C=N–C) groups is 1. The van der Waals surface area contributed by atoms with Crippen LogP contribution in [0.4, 0.5) is 0 Å². The van der Waals surface area contributed by atoms with Crippen molar-refractivity contribution in [3.05, 3.63) is 59.8 Å². The van der Waals surface area contributed by atoms with Gasteiger partial charge in [0.25, 0.3) is 0 Å². The smallest absolute Gasteiger partial charge is 0.213 e. The first-order valence-electron chi connectivity index (χ1n) is 8.80. The van der Waals surface area contributed by atoms with Crippen molar-refractivity contribution in [3.8, 4) is 5.88 Å². The Bertz CT molecular complexity index is 641. The number of benzene rings is 1. The molecule has 25 heavy (non-hydrogen) atoms. The molecule has 0 amide bonds. The lowest BCUT2D eigenvalue weighted by Crippen LogP contribution is -2.38. The van der Waals surface area contributed by atoms with Gasteiger partial charge in [-0.25, -0.2) is 4.98 Å². The highest BCUT2D eigenvalue weighted by atomic mass is 16.5. The van der Waals surface area contributed by atoms with E-state index in [9.17, 15) is 0 Å². The van der Waals surface area contributed by atoms with Gasteiger partial charge in [0.05, 0.1) is 6.61 Å². The molecular formula is C20H28N4O. The predicted octanol–water partition coefficient (Wildman–Crippen LogP) is 3.34. The largest absolute Gasteiger partial charge is 0.478 e. The molecule has 2 rings (SSSR count). The van der Waals surface area contributed by atoms with E-state index in [1.165, 1.54) is 5.56 Å². The zero-order valence-electron chi connectivity index (χ0n) is 15.3. The number of aromatic nitrogens is 1. The van der Waals surface area contributed by atoms with Crippen molar-refractivity contribution >= 4 is 5.96 Å². The number of guanidine groups is 1. The number of nitrogens with one attached hydrogen (secondary N) is 2. The van der Waals surface area contributed by atoms with Gasteiger partial charge in [-0.1, -0.05) is 50.2 Å². The van der Waals surface area contributed by atoms with Gasteiger partial charge in [0.1, 0.15) is 0 Å². The highest BCUT2D eigenvalue weighted by molar-refractivity contribution is 5.79. The van der Waals surface area contributed by atoms with E-state index >= 15 is 0 Å². The normalized spacial score (nSPS) is 12.5. The molecule has 1 heterocycles. The molecule has 0 radical (unpaired) electrons. The van der Waals surface area contributed by atoms with Gasteiger partial charge in [0.15, 0.2) is 5.96 Å². The molecule has 0 aliphatic carbocycles. The molecule has 2 aromatic rings. The highest BCUT2D eigenvalue weighted by Crippen LogP contribution is 2.13. The number of rotatable bonds is 8. The van der Waals surface area contributed by atoms with Crippen LogP contribution in [0.5, 0.6) is 5.88 Å². The Labute approximate surface area is 150 Å². The molecule has 0 aliphatic rings. The molecule has 5 heteroatoms. The minimum absolute atomic E-state index is 0.413. The lowest BCUT2D eigenvalue weighted by molar-refractivity contribution is 0.305. The zero-order chi connectivity index (χ0) is 17.9. The second-order valence-corrected chi connectivity index (χ2v) is 5.97. The molecule has 0 spiro atoms. The highest BCUT2D eigenvalue weighted by Gasteiger charge is 2.06. The molecule has 1 atom stereocenters. The Balaban J connectivity index is 1.78. The molecule has 134 valence electrons. The van der Waals surface area contributed by atoms with Crippen LogP contribution in [0, 0.1) is 0 Å². The van der Waals surface area contributed by atoms with E-state index in [1.807, 2.05) is 24.4 Å². The summed E-state index contributed by atoms with van der Waals surface area (Å²) in [6, 6.07) is 14.4. The van der Waals surface area contributed by atoms with E-state index in [2.05, 4.69) is 58.7 Å². The minimum atomic E-state index is 0.413. The van der Waals surface area contributed by atoms with E-state index in [0.29, 0.717) is 24.9 Å². The average Bonchev–Trinajstić information content (AvgIpc) is 2.67. The first-order chi connectivity index (χ1) is 12.2. The van der Waals surface area contributed by atoms with Gasteiger partial charge < -0.3 is 15.4 Å². The number of hydrogen-bond donors (Lipinski definition) is 2. The molecular weight excluding hydrogens is 312 g/mol. The Kier molecular flexibility index (Phi) is 7.76. The van der Waals surface area contributed by atoms with Gasteiger partial charge in [0, 0.05) is 32.4 Å². The second-order valence-electron chi connectivity index (χ2n) is 5.97. The number of pyridine rings is 1. The van der Waals surface area contributed by atoms with Crippen molar-refractivity contribution in [2.45, 2.75) is 32.7 Å². The third-order valence-electron chi connectivity index (χ3n) is 3.88. The molecule has 1 unspecified atom stereocenters. The molecule has 0 aliphatic heterocycles. The summed E-state index contributed by atoms with van der Waals surface area (Å²) < 4.78 is 5.50. The molecule has 0 saturated carbocycles. The van der Waals surface area contributed by atoms with Crippen LogP contribution in [0.2, 0.25) is 0 Å². The fraction of sp³-hybridized carbons (Fsp3) is 0.400. The molecule has 0 fully saturated rings. The maximum Gasteiger partial charge on any atom is 0.213 e. The topological polar surface area (TPSA) is 58.5 Å². The minimum Gasteiger partial charge on any atom is -0.478 e. The van der Waals surface area contributed by atoms with Crippen LogP contribution < -0.4 is 15.4 Å². The lowest BCUT2D eigenvalue weighted by atomic mass is 10.0. The number of hydrogen-bond acceptors (Lipinski definition) is 3. The van der Waals surface area contributed by atoms with Gasteiger partial charge in [-0.05, 0) is 23.5 Å². The summed E-state index contributed by atoms with van der Waals surface area (Å²) >= 11 is 0. The average molecular weight is 340 g/mol. The van der Waals surface area contributed by atoms with Crippen LogP contribution in [-0.4, -0.2) is 31.1 Å². The van der Waals surface area contributed by atoms with E-state index in [4.69, 9.17) is 4.74 Å². The second kappa shape index (κ2) is 10.3. The van der Waals surface area contributed by atoms with Crippen molar-refractivity contribution in [1.82, 2.24) is 15.6 Å². The zero-order valence-corrected chi connectivity index (χ0v) is 15.3. The van der Waals surface area contributed by atoms with Crippen molar-refractivity contribution in [2.24, 2.45) is 4.99 Å². The van der Waals surface area contributed by atoms with E-state index in [-0.39, 0.29) is 0 Å². The summed E-state index contributed by atoms with van der Waals surface area (Å²) in [6.45, 7) is 6.47. The lowest BCUT2D eigenvalue weighted by Gasteiger charge is -2.16. The maximum absolute atomic E-state index is 5.50. The van der Waals surface area contributed by atoms with Crippen molar-refractivity contribution in [3.63, 3.8) is 0 Å². The third-order valence-corrected chi connectivity index (χ3v) is 3.88. The molecule has 0 bridgehead atoms. The Morgan fingerprint density at radius 1 is 1.16 bits per heavy atom. The number of ether oxygens (including phenoxy) is 1. The van der Waals surface area contributed by atoms with Crippen molar-refractivity contribution in [2.75, 3.05) is 20.2 Å². The molecule has 5 nitrogen and oxygen atoms in total. The fourth-order valence-electron chi connectivity index (χ4n) is 2.36. The van der Waals surface area contributed by atoms with Crippen molar-refractivity contribution < 1.29 is 4.74 Å². The summed E-state index contributed by atoms with van der Waals surface area (Å²) in [6.07, 6.45) is 2.81. The van der Waals surface area contributed by atoms with Gasteiger partial charge in [-0.2, -0.15) is 0 Å². The summed E-state index contributed by atoms with van der Waals surface area (Å²) in [7, 11) is 1.78. The molecule has 1 aromatic carbocycles. The van der Waals surface area contributed by atoms with Crippen LogP contribution >= 0.6 is 0 Å². The molecule has 0 saturated heterocycles. The summed E-state index contributed by atoms with van der Waals surface area (Å²) in [5, 5.41) is 6.68. The fourth-order valence-corrected chi connectivity index (χ4v) is 2.36. The van der Waals surface area contributed by atoms with E-state index in [0.717, 1.165) is 24.5 Å². The van der Waals surface area contributed by atoms with Crippen molar-refractivity contribution in [1.29, 1.82) is 0 Å². The third kappa shape index (κ3) is 6.45. The summed E-state index contributed by atoms with van der Waals surface area (Å²) in [5.74, 6) is 1.87. The van der Waals surface area contributed by atoms with Gasteiger partial charge in [-0.3, -0.25) is 4.99 Å². The summed E-state index contributed by atoms with van der Waals surface area (Å²) in [4.78, 5) is 8.59. The quantitative estimate of drug-likeness (QED) is 0.572. The molecule has 2 N–H and O–H groups in total. The van der Waals surface area contributed by atoms with E-state index in [1.54, 1.807) is 7.05 Å². The van der Waals surface area contributed by atoms with Crippen LogP contribution in [0.3, 0.4) is 0 Å². The first-order valence-corrected chi connectivity index (χ1v) is 8.80. The Hall–Kier alpha value is -2.56. The molecule has 1 aromatic heterocycles. The predicted molar refractivity (Wildman–Crippen MR) is 103 cm³/mol. The first kappa shape index (κ1) is 18.8. The maximum atomic E-state index is 5.50. The standard InChI is InChI=1S/C20H28N4O/c1-4-12-25-19-11-10-17(14-22-19)15-24-20(21-3)23-13-16(2)18-8-6-5-7-9-18/h5-11,14,16H,4,12-13,15H2,1-3H3,(H2,21,23,24). The van der Waals surface area contributed by atoms with Crippen LogP contribution in [-0.2, 0) is 6.54 Å². The Morgan fingerprint density at radius 2 is 1.96 bits per heavy atom.